The van der Waals surface area contributed by atoms with Gasteiger partial charge in [-0.2, -0.15) is 0 Å². The van der Waals surface area contributed by atoms with Crippen LogP contribution in [0.15, 0.2) is 73.1 Å². The van der Waals surface area contributed by atoms with E-state index in [1.807, 2.05) is 48.7 Å². The predicted molar refractivity (Wildman–Crippen MR) is 96.6 cm³/mol. The highest BCUT2D eigenvalue weighted by atomic mass is 32.1. The van der Waals surface area contributed by atoms with Gasteiger partial charge >= 0.3 is 0 Å². The minimum atomic E-state index is -0.0756. The van der Waals surface area contributed by atoms with Crippen molar-refractivity contribution >= 4 is 28.1 Å². The lowest BCUT2D eigenvalue weighted by atomic mass is 10.2. The van der Waals surface area contributed by atoms with E-state index in [0.717, 1.165) is 16.2 Å². The van der Waals surface area contributed by atoms with Gasteiger partial charge in [-0.15, -0.1) is 11.3 Å². The second kappa shape index (κ2) is 6.29. The molecule has 1 N–H and O–H groups in total. The average molecular weight is 333 g/mol. The molecule has 4 nitrogen and oxygen atoms in total. The third-order valence-electron chi connectivity index (χ3n) is 3.81. The van der Waals surface area contributed by atoms with Gasteiger partial charge in [0, 0.05) is 12.4 Å². The first-order valence-corrected chi connectivity index (χ1v) is 8.47. The molecule has 3 heterocycles. The second-order valence-corrected chi connectivity index (χ2v) is 6.45. The molecule has 4 rings (SSSR count). The van der Waals surface area contributed by atoms with Crippen molar-refractivity contribution < 1.29 is 4.79 Å². The predicted octanol–water partition coefficient (Wildman–Crippen LogP) is 4.02. The average Bonchev–Trinajstić information content (AvgIpc) is 3.27. The Hall–Kier alpha value is -2.92. The number of hydrogen-bond donors (Lipinski definition) is 1. The van der Waals surface area contributed by atoms with E-state index in [-0.39, 0.29) is 5.91 Å². The number of nitrogens with one attached hydrogen (secondary N) is 1. The molecular formula is C19H15N3OS. The van der Waals surface area contributed by atoms with Gasteiger partial charge in [0.1, 0.15) is 5.00 Å². The highest BCUT2D eigenvalue weighted by molar-refractivity contribution is 7.16. The molecule has 0 fully saturated rings. The maximum Gasteiger partial charge on any atom is 0.261 e. The largest absolute Gasteiger partial charge is 0.346 e. The maximum absolute atomic E-state index is 12.3. The fraction of sp³-hybridized carbons (Fsp3) is 0.0526. The lowest BCUT2D eigenvalue weighted by molar-refractivity contribution is 0.0954. The summed E-state index contributed by atoms with van der Waals surface area (Å²) in [7, 11) is 0. The number of para-hydroxylation sites is 1. The lowest BCUT2D eigenvalue weighted by Gasteiger charge is -2.03. The van der Waals surface area contributed by atoms with Crippen LogP contribution in [0.3, 0.4) is 0 Å². The molecule has 0 aliphatic heterocycles. The van der Waals surface area contributed by atoms with E-state index >= 15 is 0 Å². The zero-order valence-electron chi connectivity index (χ0n) is 12.8. The molecule has 0 aliphatic rings. The van der Waals surface area contributed by atoms with Crippen molar-refractivity contribution in [3.05, 3.63) is 83.6 Å². The first kappa shape index (κ1) is 14.7. The summed E-state index contributed by atoms with van der Waals surface area (Å²) in [5.74, 6) is -0.0756. The van der Waals surface area contributed by atoms with Gasteiger partial charge in [-0.05, 0) is 41.8 Å². The van der Waals surface area contributed by atoms with Gasteiger partial charge in [-0.25, -0.2) is 0 Å². The number of amides is 1. The Morgan fingerprint density at radius 3 is 2.79 bits per heavy atom. The van der Waals surface area contributed by atoms with Gasteiger partial charge < -0.3 is 9.88 Å². The zero-order chi connectivity index (χ0) is 16.4. The van der Waals surface area contributed by atoms with Crippen LogP contribution < -0.4 is 5.32 Å². The molecule has 0 atom stereocenters. The highest BCUT2D eigenvalue weighted by Crippen LogP contribution is 2.26. The first-order chi connectivity index (χ1) is 11.8. The lowest BCUT2D eigenvalue weighted by Crippen LogP contribution is -2.22. The number of rotatable bonds is 4. The molecule has 118 valence electrons. The number of pyridine rings is 1. The van der Waals surface area contributed by atoms with E-state index < -0.39 is 0 Å². The summed E-state index contributed by atoms with van der Waals surface area (Å²) in [4.78, 5) is 17.2. The molecule has 0 bridgehead atoms. The van der Waals surface area contributed by atoms with Crippen molar-refractivity contribution in [1.29, 1.82) is 0 Å². The number of thiophene rings is 1. The minimum Gasteiger partial charge on any atom is -0.346 e. The van der Waals surface area contributed by atoms with Gasteiger partial charge in [0.2, 0.25) is 0 Å². The molecule has 24 heavy (non-hydrogen) atoms. The Morgan fingerprint density at radius 2 is 1.92 bits per heavy atom. The molecular weight excluding hydrogens is 318 g/mol. The molecule has 4 aromatic rings. The van der Waals surface area contributed by atoms with Gasteiger partial charge in [-0.1, -0.05) is 24.3 Å². The number of fused-ring (bicyclic) bond motifs is 1. The SMILES string of the molecule is O=C(NCc1ccccn1)c1ccc(-n2ccc3ccccc32)s1. The summed E-state index contributed by atoms with van der Waals surface area (Å²) >= 11 is 1.48. The Balaban J connectivity index is 1.53. The van der Waals surface area contributed by atoms with Crippen LogP contribution in [-0.2, 0) is 6.54 Å². The molecule has 0 radical (unpaired) electrons. The molecule has 1 aromatic carbocycles. The number of nitrogens with zero attached hydrogens (tertiary/aromatic N) is 2. The fourth-order valence-electron chi connectivity index (χ4n) is 2.62. The number of hydrogen-bond acceptors (Lipinski definition) is 3. The van der Waals surface area contributed by atoms with Crippen LogP contribution >= 0.6 is 11.3 Å². The van der Waals surface area contributed by atoms with Crippen molar-refractivity contribution in [2.75, 3.05) is 0 Å². The van der Waals surface area contributed by atoms with Crippen LogP contribution in [0.1, 0.15) is 15.4 Å². The van der Waals surface area contributed by atoms with Crippen LogP contribution in [0.4, 0.5) is 0 Å². The Morgan fingerprint density at radius 1 is 1.04 bits per heavy atom. The van der Waals surface area contributed by atoms with Crippen molar-refractivity contribution in [3.63, 3.8) is 0 Å². The van der Waals surface area contributed by atoms with Crippen LogP contribution in [0, 0.1) is 0 Å². The third kappa shape index (κ3) is 2.81. The molecule has 1 amide bonds. The zero-order valence-corrected chi connectivity index (χ0v) is 13.7. The van der Waals surface area contributed by atoms with Crippen LogP contribution in [0.2, 0.25) is 0 Å². The fourth-order valence-corrected chi connectivity index (χ4v) is 3.53. The summed E-state index contributed by atoms with van der Waals surface area (Å²) in [5.41, 5.74) is 1.99. The van der Waals surface area contributed by atoms with Gasteiger partial charge in [0.05, 0.1) is 22.6 Å². The standard InChI is InChI=1S/C19H15N3OS/c23-19(21-13-15-6-3-4-11-20-15)17-8-9-18(24-17)22-12-10-14-5-1-2-7-16(14)22/h1-12H,13H2,(H,21,23). The Labute approximate surface area is 143 Å². The van der Waals surface area contributed by atoms with E-state index in [1.165, 1.54) is 16.7 Å². The molecule has 5 heteroatoms. The number of benzene rings is 1. The third-order valence-corrected chi connectivity index (χ3v) is 4.89. The van der Waals surface area contributed by atoms with E-state index in [1.54, 1.807) is 6.20 Å². The van der Waals surface area contributed by atoms with Gasteiger partial charge in [0.15, 0.2) is 0 Å². The summed E-state index contributed by atoms with van der Waals surface area (Å²) in [6, 6.07) is 19.8. The monoisotopic (exact) mass is 333 g/mol. The maximum atomic E-state index is 12.3. The molecule has 0 aliphatic carbocycles. The molecule has 0 saturated carbocycles. The quantitative estimate of drug-likeness (QED) is 0.613. The number of carbonyl (C=O) groups excluding carboxylic acids is 1. The summed E-state index contributed by atoms with van der Waals surface area (Å²) in [5, 5.41) is 5.12. The molecule has 0 spiro atoms. The first-order valence-electron chi connectivity index (χ1n) is 7.66. The summed E-state index contributed by atoms with van der Waals surface area (Å²) < 4.78 is 2.11. The smallest absolute Gasteiger partial charge is 0.261 e. The number of carbonyl (C=O) groups is 1. The van der Waals surface area contributed by atoms with E-state index in [2.05, 4.69) is 33.1 Å². The molecule has 3 aromatic heterocycles. The molecule has 0 saturated heterocycles. The minimum absolute atomic E-state index is 0.0756. The van der Waals surface area contributed by atoms with Crippen LogP contribution in [0.5, 0.6) is 0 Å². The second-order valence-electron chi connectivity index (χ2n) is 5.39. The van der Waals surface area contributed by atoms with E-state index in [0.29, 0.717) is 11.4 Å². The van der Waals surface area contributed by atoms with Crippen molar-refractivity contribution in [2.24, 2.45) is 0 Å². The van der Waals surface area contributed by atoms with E-state index in [4.69, 9.17) is 0 Å². The van der Waals surface area contributed by atoms with Crippen LogP contribution in [0.25, 0.3) is 15.9 Å². The summed E-state index contributed by atoms with van der Waals surface area (Å²) in [6.07, 6.45) is 3.76. The topological polar surface area (TPSA) is 46.9 Å². The Kier molecular flexibility index (Phi) is 3.84. The normalized spacial score (nSPS) is 10.8. The van der Waals surface area contributed by atoms with Crippen molar-refractivity contribution in [2.45, 2.75) is 6.54 Å². The van der Waals surface area contributed by atoms with Crippen molar-refractivity contribution in [1.82, 2.24) is 14.9 Å². The molecule has 0 unspecified atom stereocenters. The van der Waals surface area contributed by atoms with Crippen LogP contribution in [-0.4, -0.2) is 15.5 Å². The van der Waals surface area contributed by atoms with Gasteiger partial charge in [0.25, 0.3) is 5.91 Å². The Bertz CT molecular complexity index is 988. The summed E-state index contributed by atoms with van der Waals surface area (Å²) in [6.45, 7) is 0.430. The van der Waals surface area contributed by atoms with E-state index in [9.17, 15) is 4.79 Å². The van der Waals surface area contributed by atoms with Gasteiger partial charge in [-0.3, -0.25) is 9.78 Å². The van der Waals surface area contributed by atoms with Crippen molar-refractivity contribution in [3.8, 4) is 5.00 Å². The highest BCUT2D eigenvalue weighted by Gasteiger charge is 2.11. The number of aromatic nitrogens is 2.